The number of nitrogens with one attached hydrogen (secondary N) is 1. The topological polar surface area (TPSA) is 64.8 Å². The Balaban J connectivity index is 1.94. The molecule has 1 N–H and O–H groups in total. The van der Waals surface area contributed by atoms with E-state index in [9.17, 15) is 0 Å². The minimum atomic E-state index is 0.267. The van der Waals surface area contributed by atoms with Crippen molar-refractivity contribution in [3.8, 4) is 6.07 Å². The van der Waals surface area contributed by atoms with Crippen LogP contribution in [0, 0.1) is 17.2 Å². The lowest BCUT2D eigenvalue weighted by Crippen LogP contribution is -2.27. The van der Waals surface area contributed by atoms with Crippen LogP contribution in [0.3, 0.4) is 0 Å². The summed E-state index contributed by atoms with van der Waals surface area (Å²) in [6, 6.07) is 3.95. The summed E-state index contributed by atoms with van der Waals surface area (Å²) in [5.74, 6) is 2.41. The van der Waals surface area contributed by atoms with E-state index in [1.165, 1.54) is 32.1 Å². The van der Waals surface area contributed by atoms with Gasteiger partial charge < -0.3 is 10.2 Å². The molecule has 0 saturated heterocycles. The molecule has 1 aliphatic rings. The Labute approximate surface area is 114 Å². The van der Waals surface area contributed by atoms with Gasteiger partial charge in [0, 0.05) is 19.7 Å². The molecular formula is C14H21N5. The number of aromatic nitrogens is 2. The minimum absolute atomic E-state index is 0.267. The van der Waals surface area contributed by atoms with Gasteiger partial charge in [0.2, 0.25) is 0 Å². The summed E-state index contributed by atoms with van der Waals surface area (Å²) < 4.78 is 0. The zero-order chi connectivity index (χ0) is 13.5. The van der Waals surface area contributed by atoms with Crippen molar-refractivity contribution in [3.05, 3.63) is 12.4 Å². The minimum Gasteiger partial charge on any atom is -0.359 e. The van der Waals surface area contributed by atoms with Crippen LogP contribution in [0.2, 0.25) is 0 Å². The van der Waals surface area contributed by atoms with Crippen molar-refractivity contribution in [2.45, 2.75) is 32.1 Å². The van der Waals surface area contributed by atoms with Crippen LogP contribution >= 0.6 is 0 Å². The Kier molecular flexibility index (Phi) is 4.96. The van der Waals surface area contributed by atoms with Gasteiger partial charge >= 0.3 is 0 Å². The predicted molar refractivity (Wildman–Crippen MR) is 76.0 cm³/mol. The molecule has 0 aliphatic heterocycles. The third-order valence-corrected chi connectivity index (χ3v) is 3.65. The van der Waals surface area contributed by atoms with Gasteiger partial charge in [0.25, 0.3) is 0 Å². The molecule has 0 unspecified atom stereocenters. The first-order valence-corrected chi connectivity index (χ1v) is 6.93. The number of hydrogen-bond acceptors (Lipinski definition) is 5. The maximum atomic E-state index is 8.56. The van der Waals surface area contributed by atoms with E-state index < -0.39 is 0 Å². The third kappa shape index (κ3) is 4.09. The third-order valence-electron chi connectivity index (χ3n) is 3.65. The lowest BCUT2D eigenvalue weighted by atomic mass is 9.89. The lowest BCUT2D eigenvalue weighted by molar-refractivity contribution is 0.361. The molecule has 1 aromatic heterocycles. The first-order chi connectivity index (χ1) is 9.29. The van der Waals surface area contributed by atoms with Gasteiger partial charge in [0.05, 0.1) is 6.07 Å². The lowest BCUT2D eigenvalue weighted by Gasteiger charge is -2.27. The largest absolute Gasteiger partial charge is 0.359 e. The zero-order valence-electron chi connectivity index (χ0n) is 11.5. The van der Waals surface area contributed by atoms with E-state index in [-0.39, 0.29) is 6.54 Å². The SMILES string of the molecule is CN(CC1CCCCC1)c1cc(NCC#N)ncn1. The summed E-state index contributed by atoms with van der Waals surface area (Å²) in [6.45, 7) is 1.32. The van der Waals surface area contributed by atoms with Crippen molar-refractivity contribution in [3.63, 3.8) is 0 Å². The fourth-order valence-corrected chi connectivity index (χ4v) is 2.63. The fourth-order valence-electron chi connectivity index (χ4n) is 2.63. The van der Waals surface area contributed by atoms with E-state index in [2.05, 4.69) is 27.2 Å². The molecule has 0 aromatic carbocycles. The molecule has 19 heavy (non-hydrogen) atoms. The highest BCUT2D eigenvalue weighted by atomic mass is 15.2. The Morgan fingerprint density at radius 2 is 2.16 bits per heavy atom. The standard InChI is InChI=1S/C14H21N5/c1-19(10-12-5-3-2-4-6-12)14-9-13(16-8-7-15)17-11-18-14/h9,11-12H,2-6,8,10H2,1H3,(H,16,17,18). The summed E-state index contributed by atoms with van der Waals surface area (Å²) in [5, 5.41) is 11.5. The number of rotatable bonds is 5. The van der Waals surface area contributed by atoms with Crippen LogP contribution in [-0.2, 0) is 0 Å². The molecule has 1 aliphatic carbocycles. The molecule has 102 valence electrons. The Morgan fingerprint density at radius 1 is 1.37 bits per heavy atom. The Hall–Kier alpha value is -1.83. The van der Waals surface area contributed by atoms with E-state index in [1.54, 1.807) is 6.33 Å². The molecule has 1 aromatic rings. The van der Waals surface area contributed by atoms with Crippen molar-refractivity contribution in [1.82, 2.24) is 9.97 Å². The quantitative estimate of drug-likeness (QED) is 0.823. The van der Waals surface area contributed by atoms with Crippen LogP contribution in [0.5, 0.6) is 0 Å². The van der Waals surface area contributed by atoms with Gasteiger partial charge in [0.15, 0.2) is 0 Å². The average Bonchev–Trinajstić information content (AvgIpc) is 2.46. The van der Waals surface area contributed by atoms with Crippen molar-refractivity contribution >= 4 is 11.6 Å². The van der Waals surface area contributed by atoms with Gasteiger partial charge in [-0.15, -0.1) is 0 Å². The van der Waals surface area contributed by atoms with Crippen molar-refractivity contribution < 1.29 is 0 Å². The van der Waals surface area contributed by atoms with Crippen LogP contribution < -0.4 is 10.2 Å². The number of hydrogen-bond donors (Lipinski definition) is 1. The van der Waals surface area contributed by atoms with Crippen molar-refractivity contribution in [2.75, 3.05) is 30.4 Å². The van der Waals surface area contributed by atoms with E-state index in [1.807, 2.05) is 12.1 Å². The second kappa shape index (κ2) is 6.93. The fraction of sp³-hybridized carbons (Fsp3) is 0.643. The monoisotopic (exact) mass is 259 g/mol. The second-order valence-electron chi connectivity index (χ2n) is 5.16. The molecule has 5 heteroatoms. The maximum Gasteiger partial charge on any atom is 0.133 e. The molecule has 0 atom stereocenters. The van der Waals surface area contributed by atoms with Crippen molar-refractivity contribution in [2.24, 2.45) is 5.92 Å². The van der Waals surface area contributed by atoms with E-state index >= 15 is 0 Å². The second-order valence-corrected chi connectivity index (χ2v) is 5.16. The van der Waals surface area contributed by atoms with Gasteiger partial charge in [-0.25, -0.2) is 9.97 Å². The molecule has 1 heterocycles. The van der Waals surface area contributed by atoms with Crippen LogP contribution in [0.1, 0.15) is 32.1 Å². The van der Waals surface area contributed by atoms with Gasteiger partial charge in [-0.1, -0.05) is 19.3 Å². The summed E-state index contributed by atoms with van der Waals surface area (Å²) in [6.07, 6.45) is 8.31. The molecule has 0 spiro atoms. The predicted octanol–water partition coefficient (Wildman–Crippen LogP) is 2.43. The van der Waals surface area contributed by atoms with Gasteiger partial charge in [0.1, 0.15) is 24.5 Å². The molecule has 2 rings (SSSR count). The van der Waals surface area contributed by atoms with Crippen LogP contribution in [0.25, 0.3) is 0 Å². The zero-order valence-corrected chi connectivity index (χ0v) is 11.5. The van der Waals surface area contributed by atoms with Gasteiger partial charge in [-0.3, -0.25) is 0 Å². The normalized spacial score (nSPS) is 15.8. The summed E-state index contributed by atoms with van der Waals surface area (Å²) in [7, 11) is 2.07. The molecular weight excluding hydrogens is 238 g/mol. The highest BCUT2D eigenvalue weighted by molar-refractivity contribution is 5.48. The number of nitriles is 1. The molecule has 0 amide bonds. The summed E-state index contributed by atoms with van der Waals surface area (Å²) in [5.41, 5.74) is 0. The molecule has 0 radical (unpaired) electrons. The van der Waals surface area contributed by atoms with Crippen LogP contribution in [-0.4, -0.2) is 30.1 Å². The number of anilines is 2. The van der Waals surface area contributed by atoms with E-state index in [0.29, 0.717) is 5.82 Å². The highest BCUT2D eigenvalue weighted by Gasteiger charge is 2.16. The highest BCUT2D eigenvalue weighted by Crippen LogP contribution is 2.25. The molecule has 0 bridgehead atoms. The Morgan fingerprint density at radius 3 is 2.89 bits per heavy atom. The average molecular weight is 259 g/mol. The Bertz CT molecular complexity index is 434. The van der Waals surface area contributed by atoms with E-state index in [4.69, 9.17) is 5.26 Å². The smallest absolute Gasteiger partial charge is 0.133 e. The molecule has 1 fully saturated rings. The molecule has 1 saturated carbocycles. The van der Waals surface area contributed by atoms with E-state index in [0.717, 1.165) is 18.3 Å². The van der Waals surface area contributed by atoms with Crippen molar-refractivity contribution in [1.29, 1.82) is 5.26 Å². The summed E-state index contributed by atoms with van der Waals surface area (Å²) in [4.78, 5) is 10.6. The first-order valence-electron chi connectivity index (χ1n) is 6.93. The molecule has 5 nitrogen and oxygen atoms in total. The van der Waals surface area contributed by atoms with Crippen LogP contribution in [0.15, 0.2) is 12.4 Å². The van der Waals surface area contributed by atoms with Crippen LogP contribution in [0.4, 0.5) is 11.6 Å². The maximum absolute atomic E-state index is 8.56. The first kappa shape index (κ1) is 13.6. The van der Waals surface area contributed by atoms with Gasteiger partial charge in [-0.05, 0) is 18.8 Å². The van der Waals surface area contributed by atoms with Gasteiger partial charge in [-0.2, -0.15) is 5.26 Å². The number of nitrogens with zero attached hydrogens (tertiary/aromatic N) is 4. The summed E-state index contributed by atoms with van der Waals surface area (Å²) >= 11 is 0.